The Hall–Kier alpha value is -2.79. The Morgan fingerprint density at radius 1 is 1.20 bits per heavy atom. The van der Waals surface area contributed by atoms with Crippen molar-refractivity contribution in [3.63, 3.8) is 0 Å². The summed E-state index contributed by atoms with van der Waals surface area (Å²) in [4.78, 5) is 9.17. The maximum Gasteiger partial charge on any atom is 0.123 e. The number of allylic oxidation sites excluding steroid dienone is 2. The maximum atomic E-state index is 13.8. The minimum atomic E-state index is -0.256. The number of aromatic nitrogens is 1. The number of pyridine rings is 1. The summed E-state index contributed by atoms with van der Waals surface area (Å²) < 4.78 is 13.8. The van der Waals surface area contributed by atoms with Gasteiger partial charge in [0.15, 0.2) is 0 Å². The van der Waals surface area contributed by atoms with Gasteiger partial charge in [0, 0.05) is 18.8 Å². The Labute approximate surface area is 146 Å². The number of oxime groups is 1. The summed E-state index contributed by atoms with van der Waals surface area (Å²) in [5.41, 5.74) is 6.19. The van der Waals surface area contributed by atoms with Crippen molar-refractivity contribution in [3.8, 4) is 0 Å². The van der Waals surface area contributed by atoms with Crippen LogP contribution in [-0.2, 0) is 4.84 Å². The third-order valence-corrected chi connectivity index (χ3v) is 4.14. The van der Waals surface area contributed by atoms with E-state index >= 15 is 0 Å². The Balaban J connectivity index is 1.94. The van der Waals surface area contributed by atoms with Gasteiger partial charge in [0.05, 0.1) is 12.8 Å². The zero-order valence-corrected chi connectivity index (χ0v) is 13.9. The van der Waals surface area contributed by atoms with Crippen LogP contribution in [0.2, 0.25) is 0 Å². The molecule has 0 saturated heterocycles. The molecule has 1 aliphatic carbocycles. The third kappa shape index (κ3) is 3.83. The lowest BCUT2D eigenvalue weighted by Crippen LogP contribution is -1.94. The molecule has 0 fully saturated rings. The summed E-state index contributed by atoms with van der Waals surface area (Å²) >= 11 is 0. The zero-order valence-electron chi connectivity index (χ0n) is 13.9. The van der Waals surface area contributed by atoms with Crippen LogP contribution < -0.4 is 0 Å². The van der Waals surface area contributed by atoms with Crippen LogP contribution in [0.1, 0.15) is 30.0 Å². The van der Waals surface area contributed by atoms with Crippen LogP contribution in [-0.4, -0.2) is 29.5 Å². The normalized spacial score (nSPS) is 15.2. The van der Waals surface area contributed by atoms with E-state index in [4.69, 9.17) is 9.94 Å². The van der Waals surface area contributed by atoms with Crippen molar-refractivity contribution in [2.45, 2.75) is 13.3 Å². The molecule has 25 heavy (non-hydrogen) atoms. The fraction of sp³-hybridized carbons (Fsp3) is 0.200. The molecule has 0 aliphatic heterocycles. The number of benzene rings is 1. The Bertz CT molecular complexity index is 842. The van der Waals surface area contributed by atoms with E-state index in [1.807, 2.05) is 25.1 Å². The summed E-state index contributed by atoms with van der Waals surface area (Å²) in [5.74, 6) is -0.256. The highest BCUT2D eigenvalue weighted by Gasteiger charge is 2.24. The van der Waals surface area contributed by atoms with Crippen LogP contribution in [0.25, 0.3) is 17.2 Å². The molecular formula is C20H19FN2O2. The van der Waals surface area contributed by atoms with E-state index in [2.05, 4.69) is 16.2 Å². The topological polar surface area (TPSA) is 54.7 Å². The fourth-order valence-electron chi connectivity index (χ4n) is 2.99. The monoisotopic (exact) mass is 338 g/mol. The summed E-state index contributed by atoms with van der Waals surface area (Å²) in [5, 5.41) is 12.3. The Kier molecular flexibility index (Phi) is 5.36. The lowest BCUT2D eigenvalue weighted by molar-refractivity contribution is 0.150. The largest absolute Gasteiger partial charge is 0.396 e. The lowest BCUT2D eigenvalue weighted by Gasteiger charge is -2.05. The van der Waals surface area contributed by atoms with Gasteiger partial charge in [-0.1, -0.05) is 11.2 Å². The number of aliphatic hydroxyl groups excluding tert-OH is 1. The van der Waals surface area contributed by atoms with Gasteiger partial charge in [0.25, 0.3) is 0 Å². The molecule has 1 aromatic carbocycles. The molecule has 0 radical (unpaired) electrons. The maximum absolute atomic E-state index is 13.8. The van der Waals surface area contributed by atoms with Crippen molar-refractivity contribution in [1.29, 1.82) is 0 Å². The van der Waals surface area contributed by atoms with E-state index in [1.165, 1.54) is 12.3 Å². The molecule has 128 valence electrons. The average molecular weight is 338 g/mol. The Morgan fingerprint density at radius 2 is 2.00 bits per heavy atom. The number of hydrogen-bond acceptors (Lipinski definition) is 4. The van der Waals surface area contributed by atoms with Crippen LogP contribution in [0.3, 0.4) is 0 Å². The Morgan fingerprint density at radius 3 is 2.76 bits per heavy atom. The van der Waals surface area contributed by atoms with E-state index in [9.17, 15) is 4.39 Å². The molecule has 0 spiro atoms. The average Bonchev–Trinajstić information content (AvgIpc) is 2.87. The molecule has 1 aromatic heterocycles. The second kappa shape index (κ2) is 7.85. The highest BCUT2D eigenvalue weighted by atomic mass is 19.1. The van der Waals surface area contributed by atoms with Gasteiger partial charge in [-0.25, -0.2) is 4.39 Å². The van der Waals surface area contributed by atoms with Gasteiger partial charge in [0.1, 0.15) is 12.4 Å². The van der Waals surface area contributed by atoms with Gasteiger partial charge in [0.2, 0.25) is 0 Å². The van der Waals surface area contributed by atoms with Gasteiger partial charge >= 0.3 is 0 Å². The molecule has 0 unspecified atom stereocenters. The molecule has 0 saturated carbocycles. The van der Waals surface area contributed by atoms with Crippen molar-refractivity contribution in [2.24, 2.45) is 5.16 Å². The minimum absolute atomic E-state index is 0.158. The molecule has 2 aromatic rings. The van der Waals surface area contributed by atoms with E-state index in [-0.39, 0.29) is 12.4 Å². The summed E-state index contributed by atoms with van der Waals surface area (Å²) in [7, 11) is 0. The van der Waals surface area contributed by atoms with Gasteiger partial charge in [-0.3, -0.25) is 4.98 Å². The molecule has 4 nitrogen and oxygen atoms in total. The van der Waals surface area contributed by atoms with Gasteiger partial charge < -0.3 is 9.94 Å². The molecular weight excluding hydrogens is 319 g/mol. The van der Waals surface area contributed by atoms with Crippen molar-refractivity contribution in [2.75, 3.05) is 13.2 Å². The fourth-order valence-corrected chi connectivity index (χ4v) is 2.99. The number of fused-ring (bicyclic) bond motifs is 1. The number of rotatable bonds is 6. The van der Waals surface area contributed by atoms with Crippen LogP contribution in [0.4, 0.5) is 4.39 Å². The van der Waals surface area contributed by atoms with Crippen LogP contribution in [0.5, 0.6) is 0 Å². The molecule has 3 rings (SSSR count). The predicted molar refractivity (Wildman–Crippen MR) is 97.2 cm³/mol. The molecule has 0 amide bonds. The van der Waals surface area contributed by atoms with Crippen molar-refractivity contribution < 1.29 is 14.3 Å². The molecule has 0 atom stereocenters. The van der Waals surface area contributed by atoms with Gasteiger partial charge in [-0.2, -0.15) is 0 Å². The van der Waals surface area contributed by atoms with Gasteiger partial charge in [-0.05, 0) is 70.7 Å². The molecule has 1 heterocycles. The van der Waals surface area contributed by atoms with E-state index in [0.29, 0.717) is 13.0 Å². The predicted octanol–water partition coefficient (Wildman–Crippen LogP) is 3.93. The van der Waals surface area contributed by atoms with Gasteiger partial charge in [-0.15, -0.1) is 0 Å². The summed E-state index contributed by atoms with van der Waals surface area (Å²) in [6.07, 6.45) is 7.49. The van der Waals surface area contributed by atoms with E-state index in [0.717, 1.165) is 33.4 Å². The van der Waals surface area contributed by atoms with Crippen LogP contribution in [0.15, 0.2) is 53.5 Å². The van der Waals surface area contributed by atoms with Crippen molar-refractivity contribution >= 4 is 23.4 Å². The first-order valence-corrected chi connectivity index (χ1v) is 8.07. The minimum Gasteiger partial charge on any atom is -0.396 e. The summed E-state index contributed by atoms with van der Waals surface area (Å²) in [6, 6.07) is 8.75. The third-order valence-electron chi connectivity index (χ3n) is 4.14. The molecule has 1 aliphatic rings. The first kappa shape index (κ1) is 17.0. The molecule has 0 bridgehead atoms. The second-order valence-corrected chi connectivity index (χ2v) is 5.69. The standard InChI is InChI=1S/C20H19FN2O2/c1-14-17(6-11-25-23-9-10-24)20-13-16(21)2-3-18(20)19(14)12-15-4-7-22-8-5-15/h2-5,7-9,12-13,24H,6,10-11H2,1H3/b19-12-,23-9?. The number of aliphatic hydroxyl groups is 1. The SMILES string of the molecule is CC1=C(CCON=CCO)c2cc(F)ccc2/C1=C\c1ccncc1. The molecule has 1 N–H and O–H groups in total. The first-order chi connectivity index (χ1) is 12.2. The van der Waals surface area contributed by atoms with Crippen molar-refractivity contribution in [3.05, 3.63) is 70.8 Å². The molecule has 5 heteroatoms. The van der Waals surface area contributed by atoms with E-state index < -0.39 is 0 Å². The van der Waals surface area contributed by atoms with Crippen molar-refractivity contribution in [1.82, 2.24) is 4.98 Å². The van der Waals surface area contributed by atoms with Crippen LogP contribution >= 0.6 is 0 Å². The highest BCUT2D eigenvalue weighted by Crippen LogP contribution is 2.43. The zero-order chi connectivity index (χ0) is 17.6. The summed E-state index contributed by atoms with van der Waals surface area (Å²) in [6.45, 7) is 2.24. The first-order valence-electron chi connectivity index (χ1n) is 8.07. The number of hydrogen-bond donors (Lipinski definition) is 1. The second-order valence-electron chi connectivity index (χ2n) is 5.69. The number of halogens is 1. The number of nitrogens with zero attached hydrogens (tertiary/aromatic N) is 2. The van der Waals surface area contributed by atoms with E-state index in [1.54, 1.807) is 18.5 Å². The quantitative estimate of drug-likeness (QED) is 0.493. The smallest absolute Gasteiger partial charge is 0.123 e. The highest BCUT2D eigenvalue weighted by molar-refractivity contribution is 6.05. The lowest BCUT2D eigenvalue weighted by atomic mass is 10.0. The van der Waals surface area contributed by atoms with Crippen LogP contribution in [0, 0.1) is 5.82 Å².